The maximum atomic E-state index is 12.4. The van der Waals surface area contributed by atoms with E-state index in [2.05, 4.69) is 13.8 Å². The predicted octanol–water partition coefficient (Wildman–Crippen LogP) is 3.68. The van der Waals surface area contributed by atoms with Crippen LogP contribution in [0.1, 0.15) is 104 Å². The number of carbonyl (C=O) groups is 2. The van der Waals surface area contributed by atoms with Gasteiger partial charge in [0.1, 0.15) is 0 Å². The molecular formula is C22H42O6. The molecule has 28 heavy (non-hydrogen) atoms. The number of aliphatic hydroxyl groups is 3. The van der Waals surface area contributed by atoms with Crippen molar-refractivity contribution in [1.29, 1.82) is 0 Å². The van der Waals surface area contributed by atoms with Crippen molar-refractivity contribution >= 4 is 11.8 Å². The van der Waals surface area contributed by atoms with E-state index in [9.17, 15) is 24.9 Å². The van der Waals surface area contributed by atoms with Gasteiger partial charge in [0.25, 0.3) is 0 Å². The number of unbranched alkanes of at least 4 members (excludes halogenated alkanes) is 10. The number of hydrogen-bond donors (Lipinski definition) is 3. The molecule has 3 N–H and O–H groups in total. The summed E-state index contributed by atoms with van der Waals surface area (Å²) in [5.74, 6) is -1.15. The van der Waals surface area contributed by atoms with Crippen molar-refractivity contribution in [3.05, 3.63) is 0 Å². The zero-order valence-electron chi connectivity index (χ0n) is 18.0. The van der Waals surface area contributed by atoms with Crippen LogP contribution >= 0.6 is 0 Å². The van der Waals surface area contributed by atoms with Crippen LogP contribution in [0.25, 0.3) is 0 Å². The standard InChI is InChI=1S/C22H42O6/c1-3-5-7-9-11-13-15-19(25)22(27,18-24)20(17-23)28-21(26)16-14-12-10-8-6-4-2/h20,23-24,27H,3-18H2,1-2H3/t20-,22-/m1/s1. The molecule has 0 unspecified atom stereocenters. The first-order valence-corrected chi connectivity index (χ1v) is 11.1. The molecular weight excluding hydrogens is 360 g/mol. The van der Waals surface area contributed by atoms with E-state index in [1.807, 2.05) is 0 Å². The average molecular weight is 403 g/mol. The first kappa shape index (κ1) is 27.0. The fourth-order valence-corrected chi connectivity index (χ4v) is 3.20. The molecule has 6 heteroatoms. The number of ether oxygens (including phenoxy) is 1. The summed E-state index contributed by atoms with van der Waals surface area (Å²) in [5, 5.41) is 29.7. The van der Waals surface area contributed by atoms with Crippen molar-refractivity contribution < 1.29 is 29.6 Å². The van der Waals surface area contributed by atoms with Gasteiger partial charge in [-0.3, -0.25) is 9.59 Å². The van der Waals surface area contributed by atoms with Gasteiger partial charge in [-0.15, -0.1) is 0 Å². The highest BCUT2D eigenvalue weighted by atomic mass is 16.6. The average Bonchev–Trinajstić information content (AvgIpc) is 2.70. The van der Waals surface area contributed by atoms with Crippen LogP contribution in [0.15, 0.2) is 0 Å². The lowest BCUT2D eigenvalue weighted by atomic mass is 9.89. The van der Waals surface area contributed by atoms with Crippen molar-refractivity contribution in [3.8, 4) is 0 Å². The predicted molar refractivity (Wildman–Crippen MR) is 110 cm³/mol. The van der Waals surface area contributed by atoms with E-state index in [4.69, 9.17) is 4.74 Å². The van der Waals surface area contributed by atoms with Crippen LogP contribution < -0.4 is 0 Å². The Morgan fingerprint density at radius 2 is 1.25 bits per heavy atom. The Balaban J connectivity index is 4.39. The number of Topliss-reactive ketones (excluding diaryl/α,β-unsaturated/α-hetero) is 1. The van der Waals surface area contributed by atoms with Crippen molar-refractivity contribution in [2.24, 2.45) is 0 Å². The highest BCUT2D eigenvalue weighted by Crippen LogP contribution is 2.20. The normalized spacial score (nSPS) is 14.5. The van der Waals surface area contributed by atoms with E-state index in [0.29, 0.717) is 12.8 Å². The van der Waals surface area contributed by atoms with E-state index >= 15 is 0 Å². The summed E-state index contributed by atoms with van der Waals surface area (Å²) in [6.07, 6.45) is 10.9. The van der Waals surface area contributed by atoms with Crippen molar-refractivity contribution in [1.82, 2.24) is 0 Å². The Bertz CT molecular complexity index is 412. The van der Waals surface area contributed by atoms with Crippen LogP contribution in [0.4, 0.5) is 0 Å². The van der Waals surface area contributed by atoms with Crippen molar-refractivity contribution in [2.75, 3.05) is 13.2 Å². The molecule has 0 aromatic heterocycles. The second kappa shape index (κ2) is 16.9. The van der Waals surface area contributed by atoms with Gasteiger partial charge in [0.05, 0.1) is 13.2 Å². The minimum Gasteiger partial charge on any atom is -0.456 e. The van der Waals surface area contributed by atoms with Crippen LogP contribution in [0.2, 0.25) is 0 Å². The number of rotatable bonds is 19. The highest BCUT2D eigenvalue weighted by Gasteiger charge is 2.45. The van der Waals surface area contributed by atoms with E-state index in [-0.39, 0.29) is 12.8 Å². The first-order valence-electron chi connectivity index (χ1n) is 11.1. The molecule has 0 saturated heterocycles. The van der Waals surface area contributed by atoms with Gasteiger partial charge in [-0.2, -0.15) is 0 Å². The molecule has 6 nitrogen and oxygen atoms in total. The molecule has 0 radical (unpaired) electrons. The Labute approximate surface area is 170 Å². The van der Waals surface area contributed by atoms with Gasteiger partial charge >= 0.3 is 5.97 Å². The Morgan fingerprint density at radius 3 is 1.71 bits per heavy atom. The second-order valence-electron chi connectivity index (χ2n) is 7.70. The molecule has 0 aliphatic rings. The van der Waals surface area contributed by atoms with Crippen molar-refractivity contribution in [2.45, 2.75) is 115 Å². The summed E-state index contributed by atoms with van der Waals surface area (Å²) in [4.78, 5) is 24.4. The van der Waals surface area contributed by atoms with Crippen LogP contribution in [-0.4, -0.2) is 52.0 Å². The fourth-order valence-electron chi connectivity index (χ4n) is 3.20. The van der Waals surface area contributed by atoms with Gasteiger partial charge < -0.3 is 20.1 Å². The lowest BCUT2D eigenvalue weighted by Crippen LogP contribution is -2.55. The molecule has 0 amide bonds. The largest absolute Gasteiger partial charge is 0.456 e. The summed E-state index contributed by atoms with van der Waals surface area (Å²) in [6, 6.07) is 0. The molecule has 0 spiro atoms. The summed E-state index contributed by atoms with van der Waals surface area (Å²) >= 11 is 0. The summed E-state index contributed by atoms with van der Waals surface area (Å²) in [6.45, 7) is 2.69. The molecule has 166 valence electrons. The first-order chi connectivity index (χ1) is 13.5. The lowest BCUT2D eigenvalue weighted by Gasteiger charge is -2.31. The molecule has 2 atom stereocenters. The summed E-state index contributed by atoms with van der Waals surface area (Å²) < 4.78 is 5.14. The number of esters is 1. The Hall–Kier alpha value is -0.980. The molecule has 0 aromatic carbocycles. The maximum absolute atomic E-state index is 12.4. The minimum atomic E-state index is -2.24. The maximum Gasteiger partial charge on any atom is 0.306 e. The SMILES string of the molecule is CCCCCCCCC(=O)O[C@H](CO)[C@@](O)(CO)C(=O)CCCCCCCC. The molecule has 0 aliphatic heterocycles. The third-order valence-corrected chi connectivity index (χ3v) is 5.19. The van der Waals surface area contributed by atoms with E-state index < -0.39 is 36.7 Å². The topological polar surface area (TPSA) is 104 Å². The quantitative estimate of drug-likeness (QED) is 0.225. The molecule has 0 heterocycles. The zero-order chi connectivity index (χ0) is 21.3. The van der Waals surface area contributed by atoms with Crippen LogP contribution in [-0.2, 0) is 14.3 Å². The minimum absolute atomic E-state index is 0.0919. The third-order valence-electron chi connectivity index (χ3n) is 5.19. The highest BCUT2D eigenvalue weighted by molar-refractivity contribution is 5.88. The molecule has 0 saturated carbocycles. The van der Waals surface area contributed by atoms with Crippen molar-refractivity contribution in [3.63, 3.8) is 0 Å². The van der Waals surface area contributed by atoms with Gasteiger partial charge in [0.15, 0.2) is 17.5 Å². The number of carbonyl (C=O) groups excluding carboxylic acids is 2. The lowest BCUT2D eigenvalue weighted by molar-refractivity contribution is -0.182. The van der Waals surface area contributed by atoms with Gasteiger partial charge in [-0.25, -0.2) is 0 Å². The molecule has 0 rings (SSSR count). The van der Waals surface area contributed by atoms with Crippen LogP contribution in [0.5, 0.6) is 0 Å². The second-order valence-corrected chi connectivity index (χ2v) is 7.70. The van der Waals surface area contributed by atoms with E-state index in [1.54, 1.807) is 0 Å². The summed E-state index contributed by atoms with van der Waals surface area (Å²) in [5.41, 5.74) is -2.24. The third kappa shape index (κ3) is 11.1. The smallest absolute Gasteiger partial charge is 0.306 e. The monoisotopic (exact) mass is 402 g/mol. The van der Waals surface area contributed by atoms with E-state index in [1.165, 1.54) is 6.42 Å². The zero-order valence-corrected chi connectivity index (χ0v) is 18.0. The van der Waals surface area contributed by atoms with E-state index in [0.717, 1.165) is 57.8 Å². The van der Waals surface area contributed by atoms with Gasteiger partial charge in [-0.05, 0) is 12.8 Å². The number of hydrogen-bond acceptors (Lipinski definition) is 6. The fraction of sp³-hybridized carbons (Fsp3) is 0.909. The molecule has 0 aromatic rings. The number of aliphatic hydroxyl groups excluding tert-OH is 2. The van der Waals surface area contributed by atoms with Gasteiger partial charge in [-0.1, -0.05) is 78.1 Å². The molecule has 0 bridgehead atoms. The Morgan fingerprint density at radius 1 is 0.786 bits per heavy atom. The van der Waals surface area contributed by atoms with Crippen LogP contribution in [0, 0.1) is 0 Å². The van der Waals surface area contributed by atoms with Crippen LogP contribution in [0.3, 0.4) is 0 Å². The molecule has 0 fully saturated rings. The molecule has 0 aliphatic carbocycles. The number of ketones is 1. The summed E-state index contributed by atoms with van der Waals surface area (Å²) in [7, 11) is 0. The van der Waals surface area contributed by atoms with Gasteiger partial charge in [0.2, 0.25) is 0 Å². The Kier molecular flexibility index (Phi) is 16.3. The van der Waals surface area contributed by atoms with Gasteiger partial charge in [0, 0.05) is 12.8 Å².